The smallest absolute Gasteiger partial charge is 0.380 e. The summed E-state index contributed by atoms with van der Waals surface area (Å²) in [7, 11) is 0. The first-order chi connectivity index (χ1) is 9.92. The highest BCUT2D eigenvalue weighted by molar-refractivity contribution is 5.49. The molecule has 0 bridgehead atoms. The second-order valence-electron chi connectivity index (χ2n) is 4.24. The molecule has 5 nitrogen and oxygen atoms in total. The second-order valence-corrected chi connectivity index (χ2v) is 4.24. The Kier molecular flexibility index (Phi) is 6.67. The van der Waals surface area contributed by atoms with Crippen LogP contribution in [0.2, 0.25) is 0 Å². The molecule has 8 heteroatoms. The van der Waals surface area contributed by atoms with E-state index in [2.05, 4.69) is 15.3 Å². The van der Waals surface area contributed by atoms with Gasteiger partial charge >= 0.3 is 6.18 Å². The van der Waals surface area contributed by atoms with Crippen molar-refractivity contribution in [1.82, 2.24) is 9.97 Å². The molecule has 0 spiro atoms. The van der Waals surface area contributed by atoms with Crippen molar-refractivity contribution >= 4 is 11.6 Å². The van der Waals surface area contributed by atoms with Crippen LogP contribution in [0.1, 0.15) is 26.6 Å². The number of nitrogens with one attached hydrogen (secondary N) is 1. The molecule has 0 aliphatic carbocycles. The van der Waals surface area contributed by atoms with Crippen molar-refractivity contribution in [3.63, 3.8) is 0 Å². The van der Waals surface area contributed by atoms with Gasteiger partial charge in [0.25, 0.3) is 0 Å². The molecule has 0 unspecified atom stereocenters. The fraction of sp³-hybridized carbons (Fsp3) is 0.692. The number of rotatable bonds is 8. The molecule has 1 N–H and O–H groups in total. The summed E-state index contributed by atoms with van der Waals surface area (Å²) >= 11 is 0. The van der Waals surface area contributed by atoms with E-state index in [0.717, 1.165) is 0 Å². The van der Waals surface area contributed by atoms with Crippen LogP contribution in [0, 0.1) is 0 Å². The number of nitrogens with zero attached hydrogens (tertiary/aromatic N) is 3. The first kappa shape index (κ1) is 17.5. The van der Waals surface area contributed by atoms with Gasteiger partial charge in [0.15, 0.2) is 0 Å². The molecule has 1 rings (SSSR count). The Morgan fingerprint density at radius 1 is 1.24 bits per heavy atom. The zero-order valence-electron chi connectivity index (χ0n) is 12.5. The number of hydrogen-bond acceptors (Lipinski definition) is 5. The van der Waals surface area contributed by atoms with E-state index in [1.54, 1.807) is 11.8 Å². The zero-order valence-corrected chi connectivity index (χ0v) is 12.5. The molecule has 0 aliphatic heterocycles. The largest absolute Gasteiger partial charge is 0.451 e. The highest BCUT2D eigenvalue weighted by atomic mass is 19.4. The molecule has 0 saturated heterocycles. The molecule has 0 fully saturated rings. The van der Waals surface area contributed by atoms with E-state index in [1.807, 2.05) is 13.8 Å². The van der Waals surface area contributed by atoms with Crippen molar-refractivity contribution in [3.8, 4) is 0 Å². The van der Waals surface area contributed by atoms with Gasteiger partial charge < -0.3 is 15.0 Å². The van der Waals surface area contributed by atoms with Crippen LogP contribution in [-0.2, 0) is 10.9 Å². The predicted molar refractivity (Wildman–Crippen MR) is 75.6 cm³/mol. The molecule has 1 aromatic heterocycles. The molecule has 0 amide bonds. The quantitative estimate of drug-likeness (QED) is 0.748. The van der Waals surface area contributed by atoms with Gasteiger partial charge in [-0.1, -0.05) is 0 Å². The first-order valence-corrected chi connectivity index (χ1v) is 6.95. The summed E-state index contributed by atoms with van der Waals surface area (Å²) in [6.07, 6.45) is -4.57. The van der Waals surface area contributed by atoms with Crippen LogP contribution in [0.4, 0.5) is 24.8 Å². The van der Waals surface area contributed by atoms with E-state index in [9.17, 15) is 13.2 Å². The summed E-state index contributed by atoms with van der Waals surface area (Å²) in [6.45, 7) is 8.02. The Labute approximate surface area is 122 Å². The lowest BCUT2D eigenvalue weighted by Crippen LogP contribution is -2.29. The van der Waals surface area contributed by atoms with Crippen LogP contribution in [-0.4, -0.2) is 42.8 Å². The molecule has 0 aromatic carbocycles. The molecule has 0 saturated carbocycles. The van der Waals surface area contributed by atoms with Gasteiger partial charge in [-0.3, -0.25) is 0 Å². The van der Waals surface area contributed by atoms with E-state index in [1.165, 1.54) is 6.07 Å². The maximum atomic E-state index is 12.9. The highest BCUT2D eigenvalue weighted by Crippen LogP contribution is 2.29. The predicted octanol–water partition coefficient (Wildman–Crippen LogP) is 2.79. The third-order valence-corrected chi connectivity index (χ3v) is 2.74. The molecular weight excluding hydrogens is 285 g/mol. The van der Waals surface area contributed by atoms with Crippen LogP contribution in [0.25, 0.3) is 0 Å². The fourth-order valence-corrected chi connectivity index (χ4v) is 1.75. The van der Waals surface area contributed by atoms with E-state index in [0.29, 0.717) is 32.8 Å². The maximum Gasteiger partial charge on any atom is 0.451 e. The van der Waals surface area contributed by atoms with E-state index in [-0.39, 0.29) is 11.6 Å². The molecule has 21 heavy (non-hydrogen) atoms. The minimum atomic E-state index is -4.57. The summed E-state index contributed by atoms with van der Waals surface area (Å²) in [5, 5.41) is 2.80. The van der Waals surface area contributed by atoms with Crippen LogP contribution in [0.3, 0.4) is 0 Å². The number of anilines is 2. The Hall–Kier alpha value is -1.57. The lowest BCUT2D eigenvalue weighted by atomic mass is 10.4. The third kappa shape index (κ3) is 5.37. The Bertz CT molecular complexity index is 440. The SMILES string of the molecule is CCNc1cc(N(CC)CCOCC)nc(C(F)(F)F)n1. The van der Waals surface area contributed by atoms with Crippen molar-refractivity contribution in [2.75, 3.05) is 43.1 Å². The normalized spacial score (nSPS) is 11.5. The average molecular weight is 306 g/mol. The van der Waals surface area contributed by atoms with Crippen molar-refractivity contribution in [2.45, 2.75) is 26.9 Å². The van der Waals surface area contributed by atoms with Crippen molar-refractivity contribution in [1.29, 1.82) is 0 Å². The molecule has 0 aliphatic rings. The summed E-state index contributed by atoms with van der Waals surface area (Å²) in [4.78, 5) is 8.86. The molecule has 120 valence electrons. The number of likely N-dealkylation sites (N-methyl/N-ethyl adjacent to an activating group) is 1. The number of halogens is 3. The fourth-order valence-electron chi connectivity index (χ4n) is 1.75. The van der Waals surface area contributed by atoms with Gasteiger partial charge in [0.2, 0.25) is 5.82 Å². The lowest BCUT2D eigenvalue weighted by molar-refractivity contribution is -0.144. The van der Waals surface area contributed by atoms with Gasteiger partial charge in [-0.05, 0) is 20.8 Å². The Morgan fingerprint density at radius 3 is 2.48 bits per heavy atom. The molecule has 0 atom stereocenters. The van der Waals surface area contributed by atoms with Gasteiger partial charge in [0.1, 0.15) is 11.6 Å². The van der Waals surface area contributed by atoms with E-state index < -0.39 is 12.0 Å². The molecular formula is C13H21F3N4O. The van der Waals surface area contributed by atoms with Gasteiger partial charge in [0, 0.05) is 32.3 Å². The first-order valence-electron chi connectivity index (χ1n) is 6.95. The van der Waals surface area contributed by atoms with Crippen LogP contribution < -0.4 is 10.2 Å². The summed E-state index contributed by atoms with van der Waals surface area (Å²) < 4.78 is 43.8. The number of hydrogen-bond donors (Lipinski definition) is 1. The summed E-state index contributed by atoms with van der Waals surface area (Å²) in [5.41, 5.74) is 0. The van der Waals surface area contributed by atoms with Crippen molar-refractivity contribution < 1.29 is 17.9 Å². The van der Waals surface area contributed by atoms with Gasteiger partial charge in [-0.15, -0.1) is 0 Å². The summed E-state index contributed by atoms with van der Waals surface area (Å²) in [6, 6.07) is 1.52. The minimum Gasteiger partial charge on any atom is -0.380 e. The standard InChI is InChI=1S/C13H21F3N4O/c1-4-17-10-9-11(19-12(18-10)13(14,15)16)20(5-2)7-8-21-6-3/h9H,4-8H2,1-3H3,(H,17,18,19). The monoisotopic (exact) mass is 306 g/mol. The maximum absolute atomic E-state index is 12.9. The number of ether oxygens (including phenoxy) is 1. The lowest BCUT2D eigenvalue weighted by Gasteiger charge is -2.23. The number of alkyl halides is 3. The topological polar surface area (TPSA) is 50.3 Å². The minimum absolute atomic E-state index is 0.171. The van der Waals surface area contributed by atoms with Gasteiger partial charge in [-0.25, -0.2) is 9.97 Å². The van der Waals surface area contributed by atoms with Crippen LogP contribution >= 0.6 is 0 Å². The van der Waals surface area contributed by atoms with Gasteiger partial charge in [0.05, 0.1) is 6.61 Å². The Morgan fingerprint density at radius 2 is 1.95 bits per heavy atom. The van der Waals surface area contributed by atoms with Crippen LogP contribution in [0.15, 0.2) is 6.07 Å². The van der Waals surface area contributed by atoms with Crippen molar-refractivity contribution in [3.05, 3.63) is 11.9 Å². The van der Waals surface area contributed by atoms with E-state index >= 15 is 0 Å². The molecule has 1 heterocycles. The third-order valence-electron chi connectivity index (χ3n) is 2.74. The highest BCUT2D eigenvalue weighted by Gasteiger charge is 2.35. The second kappa shape index (κ2) is 8.02. The average Bonchev–Trinajstić information content (AvgIpc) is 2.43. The van der Waals surface area contributed by atoms with Gasteiger partial charge in [-0.2, -0.15) is 13.2 Å². The summed E-state index contributed by atoms with van der Waals surface area (Å²) in [5.74, 6) is -0.717. The van der Waals surface area contributed by atoms with Crippen molar-refractivity contribution in [2.24, 2.45) is 0 Å². The van der Waals surface area contributed by atoms with E-state index in [4.69, 9.17) is 4.74 Å². The number of aromatic nitrogens is 2. The molecule has 1 aromatic rings. The Balaban J connectivity index is 3.04. The molecule has 0 radical (unpaired) electrons. The zero-order chi connectivity index (χ0) is 15.9. The van der Waals surface area contributed by atoms with Crippen LogP contribution in [0.5, 0.6) is 0 Å².